The van der Waals surface area contributed by atoms with E-state index in [4.69, 9.17) is 18.6 Å². The first-order valence-corrected chi connectivity index (χ1v) is 9.80. The first-order valence-electron chi connectivity index (χ1n) is 9.80. The lowest BCUT2D eigenvalue weighted by Gasteiger charge is -2.11. The largest absolute Gasteiger partial charge is 0.493 e. The lowest BCUT2D eigenvalue weighted by Crippen LogP contribution is -2.05. The van der Waals surface area contributed by atoms with Crippen molar-refractivity contribution in [3.8, 4) is 11.5 Å². The molecule has 0 aliphatic heterocycles. The third-order valence-electron chi connectivity index (χ3n) is 4.31. The van der Waals surface area contributed by atoms with Crippen LogP contribution < -0.4 is 9.47 Å². The molecule has 0 unspecified atom stereocenters. The molecule has 0 amide bonds. The van der Waals surface area contributed by atoms with E-state index in [2.05, 4.69) is 4.98 Å². The van der Waals surface area contributed by atoms with Crippen LogP contribution in [0.5, 0.6) is 11.5 Å². The molecule has 0 atom stereocenters. The Morgan fingerprint density at radius 2 is 1.93 bits per heavy atom. The van der Waals surface area contributed by atoms with Gasteiger partial charge >= 0.3 is 5.97 Å². The van der Waals surface area contributed by atoms with Gasteiger partial charge in [-0.3, -0.25) is 4.79 Å². The van der Waals surface area contributed by atoms with Gasteiger partial charge in [0.25, 0.3) is 0 Å². The predicted molar refractivity (Wildman–Crippen MR) is 114 cm³/mol. The van der Waals surface area contributed by atoms with Crippen LogP contribution in [0.2, 0.25) is 0 Å². The van der Waals surface area contributed by atoms with E-state index in [0.29, 0.717) is 42.5 Å². The van der Waals surface area contributed by atoms with E-state index in [1.165, 1.54) is 0 Å². The molecule has 6 heteroatoms. The van der Waals surface area contributed by atoms with Crippen LogP contribution >= 0.6 is 0 Å². The van der Waals surface area contributed by atoms with E-state index < -0.39 is 0 Å². The number of aryl methyl sites for hydroxylation is 1. The van der Waals surface area contributed by atoms with E-state index in [1.807, 2.05) is 60.7 Å². The van der Waals surface area contributed by atoms with Gasteiger partial charge in [0.05, 0.1) is 13.7 Å². The van der Waals surface area contributed by atoms with Gasteiger partial charge in [0.2, 0.25) is 5.89 Å². The summed E-state index contributed by atoms with van der Waals surface area (Å²) in [5.74, 6) is 1.50. The number of benzene rings is 2. The molecular weight excluding hydrogens is 382 g/mol. The van der Waals surface area contributed by atoms with Crippen molar-refractivity contribution in [2.45, 2.75) is 26.4 Å². The molecule has 156 valence electrons. The van der Waals surface area contributed by atoms with Crippen LogP contribution in [0, 0.1) is 0 Å². The van der Waals surface area contributed by atoms with Gasteiger partial charge in [0, 0.05) is 12.5 Å². The van der Waals surface area contributed by atoms with Crippen molar-refractivity contribution >= 4 is 18.1 Å². The van der Waals surface area contributed by atoms with Gasteiger partial charge in [-0.05, 0) is 42.7 Å². The van der Waals surface area contributed by atoms with Crippen molar-refractivity contribution in [2.24, 2.45) is 0 Å². The fraction of sp³-hybridized carbons (Fsp3) is 0.250. The summed E-state index contributed by atoms with van der Waals surface area (Å²) in [5, 5.41) is 0. The standard InChI is InChI=1S/C24H25NO5/c1-3-28-24(26)14-11-19-9-12-21(22(15-19)27-2)29-16-20-17-30-23(25-20)13-10-18-7-5-4-6-8-18/h4-10,12-13,15,17H,3,11,14,16H2,1-2H3. The lowest BCUT2D eigenvalue weighted by atomic mass is 10.1. The van der Waals surface area contributed by atoms with Crippen LogP contribution in [-0.2, 0) is 22.6 Å². The minimum Gasteiger partial charge on any atom is -0.493 e. The number of carbonyl (C=O) groups is 1. The van der Waals surface area contributed by atoms with Crippen molar-refractivity contribution in [3.63, 3.8) is 0 Å². The minimum absolute atomic E-state index is 0.208. The quantitative estimate of drug-likeness (QED) is 0.444. The third-order valence-corrected chi connectivity index (χ3v) is 4.31. The number of rotatable bonds is 10. The summed E-state index contributed by atoms with van der Waals surface area (Å²) in [7, 11) is 1.58. The van der Waals surface area contributed by atoms with Crippen molar-refractivity contribution in [2.75, 3.05) is 13.7 Å². The molecule has 3 aromatic rings. The molecule has 0 N–H and O–H groups in total. The summed E-state index contributed by atoms with van der Waals surface area (Å²) < 4.78 is 21.7. The maximum atomic E-state index is 11.5. The van der Waals surface area contributed by atoms with Crippen molar-refractivity contribution in [3.05, 3.63) is 77.5 Å². The number of hydrogen-bond acceptors (Lipinski definition) is 6. The molecule has 0 radical (unpaired) electrons. The van der Waals surface area contributed by atoms with Gasteiger partial charge in [-0.15, -0.1) is 0 Å². The number of carbonyl (C=O) groups excluding carboxylic acids is 1. The summed E-state index contributed by atoms with van der Waals surface area (Å²) in [6.45, 7) is 2.44. The fourth-order valence-electron chi connectivity index (χ4n) is 2.82. The zero-order valence-electron chi connectivity index (χ0n) is 17.2. The second-order valence-corrected chi connectivity index (χ2v) is 6.50. The van der Waals surface area contributed by atoms with Gasteiger partial charge in [0.15, 0.2) is 11.5 Å². The van der Waals surface area contributed by atoms with Gasteiger partial charge in [-0.25, -0.2) is 4.98 Å². The minimum atomic E-state index is -0.208. The zero-order chi connectivity index (χ0) is 21.2. The average molecular weight is 407 g/mol. The Bertz CT molecular complexity index is 978. The van der Waals surface area contributed by atoms with Gasteiger partial charge in [-0.1, -0.05) is 36.4 Å². The molecule has 0 fully saturated rings. The molecule has 0 saturated heterocycles. The number of methoxy groups -OCH3 is 1. The third kappa shape index (κ3) is 6.24. The first kappa shape index (κ1) is 21.2. The van der Waals surface area contributed by atoms with Crippen LogP contribution in [-0.4, -0.2) is 24.7 Å². The molecule has 6 nitrogen and oxygen atoms in total. The number of esters is 1. The summed E-state index contributed by atoms with van der Waals surface area (Å²) in [5.41, 5.74) is 2.72. The van der Waals surface area contributed by atoms with E-state index >= 15 is 0 Å². The van der Waals surface area contributed by atoms with E-state index in [1.54, 1.807) is 20.3 Å². The molecule has 0 spiro atoms. The molecule has 0 aliphatic carbocycles. The van der Waals surface area contributed by atoms with Crippen LogP contribution in [0.4, 0.5) is 0 Å². The lowest BCUT2D eigenvalue weighted by molar-refractivity contribution is -0.143. The second-order valence-electron chi connectivity index (χ2n) is 6.50. The van der Waals surface area contributed by atoms with Crippen LogP contribution in [0.15, 0.2) is 59.2 Å². The Morgan fingerprint density at radius 3 is 2.70 bits per heavy atom. The number of aromatic nitrogens is 1. The molecule has 2 aromatic carbocycles. The Hall–Kier alpha value is -3.54. The average Bonchev–Trinajstić information content (AvgIpc) is 3.24. The van der Waals surface area contributed by atoms with E-state index in [-0.39, 0.29) is 12.6 Å². The SMILES string of the molecule is CCOC(=O)CCc1ccc(OCc2coc(C=Cc3ccccc3)n2)c(OC)c1. The van der Waals surface area contributed by atoms with Crippen molar-refractivity contribution in [1.82, 2.24) is 4.98 Å². The number of ether oxygens (including phenoxy) is 3. The molecule has 1 aromatic heterocycles. The normalized spacial score (nSPS) is 10.9. The molecule has 0 aliphatic rings. The van der Waals surface area contributed by atoms with E-state index in [9.17, 15) is 4.79 Å². The Balaban J connectivity index is 1.57. The highest BCUT2D eigenvalue weighted by atomic mass is 16.5. The van der Waals surface area contributed by atoms with Gasteiger partial charge in [0.1, 0.15) is 18.6 Å². The van der Waals surface area contributed by atoms with Crippen molar-refractivity contribution < 1.29 is 23.4 Å². The van der Waals surface area contributed by atoms with Gasteiger partial charge < -0.3 is 18.6 Å². The molecular formula is C24H25NO5. The van der Waals surface area contributed by atoms with Crippen LogP contribution in [0.1, 0.15) is 36.1 Å². The molecule has 1 heterocycles. The molecule has 0 bridgehead atoms. The predicted octanol–water partition coefficient (Wildman–Crippen LogP) is 4.93. The zero-order valence-corrected chi connectivity index (χ0v) is 17.2. The van der Waals surface area contributed by atoms with Crippen LogP contribution in [0.25, 0.3) is 12.2 Å². The highest BCUT2D eigenvalue weighted by molar-refractivity contribution is 5.69. The summed E-state index contributed by atoms with van der Waals surface area (Å²) in [6, 6.07) is 15.5. The smallest absolute Gasteiger partial charge is 0.306 e. The maximum Gasteiger partial charge on any atom is 0.306 e. The highest BCUT2D eigenvalue weighted by Crippen LogP contribution is 2.29. The summed E-state index contributed by atoms with van der Waals surface area (Å²) in [6.07, 6.45) is 6.24. The van der Waals surface area contributed by atoms with Gasteiger partial charge in [-0.2, -0.15) is 0 Å². The van der Waals surface area contributed by atoms with E-state index in [0.717, 1.165) is 11.1 Å². The molecule has 3 rings (SSSR count). The Labute approximate surface area is 176 Å². The number of oxazole rings is 1. The maximum absolute atomic E-state index is 11.5. The molecule has 0 saturated carbocycles. The van der Waals surface area contributed by atoms with Crippen LogP contribution in [0.3, 0.4) is 0 Å². The Morgan fingerprint density at radius 1 is 1.10 bits per heavy atom. The first-order chi connectivity index (χ1) is 14.7. The number of hydrogen-bond donors (Lipinski definition) is 0. The second kappa shape index (κ2) is 10.9. The monoisotopic (exact) mass is 407 g/mol. The van der Waals surface area contributed by atoms with Crippen molar-refractivity contribution in [1.29, 1.82) is 0 Å². The topological polar surface area (TPSA) is 70.8 Å². The fourth-order valence-corrected chi connectivity index (χ4v) is 2.82. The summed E-state index contributed by atoms with van der Waals surface area (Å²) >= 11 is 0. The summed E-state index contributed by atoms with van der Waals surface area (Å²) in [4.78, 5) is 15.9. The highest BCUT2D eigenvalue weighted by Gasteiger charge is 2.10. The molecule has 30 heavy (non-hydrogen) atoms. The Kier molecular flexibility index (Phi) is 7.66. The number of nitrogens with zero attached hydrogens (tertiary/aromatic N) is 1.